The number of halogens is 1. The summed E-state index contributed by atoms with van der Waals surface area (Å²) >= 11 is 3.33. The normalized spacial score (nSPS) is 11.5. The molecule has 1 atom stereocenters. The topological polar surface area (TPSA) is 64.6 Å². The van der Waals surface area contributed by atoms with Crippen LogP contribution in [0.3, 0.4) is 0 Å². The second-order valence-electron chi connectivity index (χ2n) is 5.16. The lowest BCUT2D eigenvalue weighted by Crippen LogP contribution is -2.30. The molecule has 2 aromatic rings. The Balaban J connectivity index is 1.88. The predicted octanol–water partition coefficient (Wildman–Crippen LogP) is 3.57. The number of ether oxygens (including phenoxy) is 2. The Hall–Kier alpha value is -2.34. The van der Waals surface area contributed by atoms with E-state index in [1.165, 1.54) is 6.92 Å². The van der Waals surface area contributed by atoms with Crippen molar-refractivity contribution in [2.45, 2.75) is 19.4 Å². The van der Waals surface area contributed by atoms with E-state index < -0.39 is 18.0 Å². The van der Waals surface area contributed by atoms with Gasteiger partial charge in [0.25, 0.3) is 5.91 Å². The highest BCUT2D eigenvalue weighted by molar-refractivity contribution is 9.10. The molecule has 0 saturated carbocycles. The summed E-state index contributed by atoms with van der Waals surface area (Å²) in [4.78, 5) is 24.0. The number of esters is 1. The zero-order chi connectivity index (χ0) is 17.5. The maximum Gasteiger partial charge on any atom is 0.311 e. The minimum atomic E-state index is -0.890. The number of benzene rings is 2. The molecule has 0 aromatic heterocycles. The highest BCUT2D eigenvalue weighted by Crippen LogP contribution is 2.17. The molecule has 2 aromatic carbocycles. The third-order valence-corrected chi connectivity index (χ3v) is 3.81. The van der Waals surface area contributed by atoms with E-state index in [0.717, 1.165) is 10.0 Å². The van der Waals surface area contributed by atoms with Gasteiger partial charge < -0.3 is 14.8 Å². The standard InChI is InChI=1S/C18H18BrNO4/c1-12(18(22)20-15-4-3-5-16(11-15)23-2)24-17(21)10-13-6-8-14(19)9-7-13/h3-9,11-12H,10H2,1-2H3,(H,20,22)/t12-/m0/s1. The Morgan fingerprint density at radius 2 is 1.88 bits per heavy atom. The number of methoxy groups -OCH3 is 1. The van der Waals surface area contributed by atoms with E-state index in [9.17, 15) is 9.59 Å². The Bertz CT molecular complexity index is 715. The first-order chi connectivity index (χ1) is 11.5. The molecule has 0 spiro atoms. The van der Waals surface area contributed by atoms with Gasteiger partial charge in [0.2, 0.25) is 0 Å². The molecular formula is C18H18BrNO4. The van der Waals surface area contributed by atoms with Gasteiger partial charge in [-0.25, -0.2) is 0 Å². The Morgan fingerprint density at radius 3 is 2.54 bits per heavy atom. The third kappa shape index (κ3) is 5.38. The first-order valence-corrected chi connectivity index (χ1v) is 8.16. The summed E-state index contributed by atoms with van der Waals surface area (Å²) in [5.41, 5.74) is 1.40. The minimum absolute atomic E-state index is 0.115. The molecule has 0 aliphatic heterocycles. The van der Waals surface area contributed by atoms with Crippen LogP contribution in [0, 0.1) is 0 Å². The van der Waals surface area contributed by atoms with E-state index in [1.54, 1.807) is 31.4 Å². The monoisotopic (exact) mass is 391 g/mol. The van der Waals surface area contributed by atoms with Crippen LogP contribution in [0.15, 0.2) is 53.0 Å². The van der Waals surface area contributed by atoms with Crippen molar-refractivity contribution in [3.63, 3.8) is 0 Å². The summed E-state index contributed by atoms with van der Waals surface area (Å²) < 4.78 is 11.2. The molecule has 0 aliphatic rings. The molecule has 1 N–H and O–H groups in total. The SMILES string of the molecule is COc1cccc(NC(=O)[C@H](C)OC(=O)Cc2ccc(Br)cc2)c1. The predicted molar refractivity (Wildman–Crippen MR) is 95.0 cm³/mol. The van der Waals surface area contributed by atoms with Crippen molar-refractivity contribution in [1.82, 2.24) is 0 Å². The number of carbonyl (C=O) groups excluding carboxylic acids is 2. The summed E-state index contributed by atoms with van der Waals surface area (Å²) in [5.74, 6) is -0.217. The van der Waals surface area contributed by atoms with Crippen molar-refractivity contribution in [2.75, 3.05) is 12.4 Å². The average Bonchev–Trinajstić information content (AvgIpc) is 2.57. The van der Waals surface area contributed by atoms with Crippen LogP contribution in [0.5, 0.6) is 5.75 Å². The second kappa shape index (κ2) is 8.49. The molecule has 0 aliphatic carbocycles. The molecule has 126 valence electrons. The Labute approximate surface area is 149 Å². The number of rotatable bonds is 6. The van der Waals surface area contributed by atoms with E-state index in [4.69, 9.17) is 9.47 Å². The molecule has 0 bridgehead atoms. The van der Waals surface area contributed by atoms with E-state index in [0.29, 0.717) is 11.4 Å². The van der Waals surface area contributed by atoms with Crippen LogP contribution in [0.4, 0.5) is 5.69 Å². The maximum atomic E-state index is 12.1. The van der Waals surface area contributed by atoms with E-state index in [-0.39, 0.29) is 6.42 Å². The maximum absolute atomic E-state index is 12.1. The lowest BCUT2D eigenvalue weighted by molar-refractivity contribution is -0.152. The zero-order valence-electron chi connectivity index (χ0n) is 13.4. The highest BCUT2D eigenvalue weighted by atomic mass is 79.9. The summed E-state index contributed by atoms with van der Waals surface area (Å²) in [6.45, 7) is 1.54. The van der Waals surface area contributed by atoms with Crippen LogP contribution in [-0.4, -0.2) is 25.1 Å². The Kier molecular flexibility index (Phi) is 6.37. The van der Waals surface area contributed by atoms with Crippen LogP contribution < -0.4 is 10.1 Å². The second-order valence-corrected chi connectivity index (χ2v) is 6.07. The van der Waals surface area contributed by atoms with E-state index in [2.05, 4.69) is 21.2 Å². The molecule has 0 heterocycles. The lowest BCUT2D eigenvalue weighted by Gasteiger charge is -2.14. The molecule has 0 fully saturated rings. The van der Waals surface area contributed by atoms with E-state index in [1.807, 2.05) is 24.3 Å². The van der Waals surface area contributed by atoms with Gasteiger partial charge in [-0.1, -0.05) is 34.1 Å². The van der Waals surface area contributed by atoms with Crippen LogP contribution in [0.2, 0.25) is 0 Å². The van der Waals surface area contributed by atoms with Gasteiger partial charge >= 0.3 is 5.97 Å². The molecule has 0 radical (unpaired) electrons. The first kappa shape index (κ1) is 18.0. The minimum Gasteiger partial charge on any atom is -0.497 e. The van der Waals surface area contributed by atoms with Gasteiger partial charge in [-0.15, -0.1) is 0 Å². The summed E-state index contributed by atoms with van der Waals surface area (Å²) in [7, 11) is 1.55. The molecule has 1 amide bonds. The summed E-state index contributed by atoms with van der Waals surface area (Å²) in [6.07, 6.45) is -0.775. The van der Waals surface area contributed by atoms with Gasteiger partial charge in [0, 0.05) is 16.2 Å². The zero-order valence-corrected chi connectivity index (χ0v) is 15.0. The van der Waals surface area contributed by atoms with Crippen LogP contribution >= 0.6 is 15.9 Å². The molecule has 2 rings (SSSR count). The van der Waals surface area contributed by atoms with Gasteiger partial charge in [-0.3, -0.25) is 9.59 Å². The fourth-order valence-electron chi connectivity index (χ4n) is 2.01. The number of hydrogen-bond donors (Lipinski definition) is 1. The lowest BCUT2D eigenvalue weighted by atomic mass is 10.1. The van der Waals surface area contributed by atoms with Crippen molar-refractivity contribution < 1.29 is 19.1 Å². The quantitative estimate of drug-likeness (QED) is 0.764. The summed E-state index contributed by atoms with van der Waals surface area (Å²) in [5, 5.41) is 2.69. The number of anilines is 1. The molecule has 0 saturated heterocycles. The van der Waals surface area contributed by atoms with E-state index >= 15 is 0 Å². The smallest absolute Gasteiger partial charge is 0.311 e. The molecule has 5 nitrogen and oxygen atoms in total. The van der Waals surface area contributed by atoms with Crippen molar-refractivity contribution in [1.29, 1.82) is 0 Å². The third-order valence-electron chi connectivity index (χ3n) is 3.28. The van der Waals surface area contributed by atoms with Crippen molar-refractivity contribution >= 4 is 33.5 Å². The van der Waals surface area contributed by atoms with Gasteiger partial charge in [0.05, 0.1) is 13.5 Å². The number of carbonyl (C=O) groups is 2. The van der Waals surface area contributed by atoms with Crippen molar-refractivity contribution in [3.8, 4) is 5.75 Å². The van der Waals surface area contributed by atoms with Crippen LogP contribution in [-0.2, 0) is 20.7 Å². The van der Waals surface area contributed by atoms with Gasteiger partial charge in [0.1, 0.15) is 5.75 Å². The number of amides is 1. The molecule has 0 unspecified atom stereocenters. The Morgan fingerprint density at radius 1 is 1.17 bits per heavy atom. The van der Waals surface area contributed by atoms with Crippen LogP contribution in [0.25, 0.3) is 0 Å². The highest BCUT2D eigenvalue weighted by Gasteiger charge is 2.18. The number of hydrogen-bond acceptors (Lipinski definition) is 4. The largest absolute Gasteiger partial charge is 0.497 e. The molecule has 24 heavy (non-hydrogen) atoms. The fourth-order valence-corrected chi connectivity index (χ4v) is 2.27. The molecular weight excluding hydrogens is 374 g/mol. The van der Waals surface area contributed by atoms with Gasteiger partial charge in [-0.2, -0.15) is 0 Å². The summed E-state index contributed by atoms with van der Waals surface area (Å²) in [6, 6.07) is 14.3. The average molecular weight is 392 g/mol. The number of nitrogens with one attached hydrogen (secondary N) is 1. The van der Waals surface area contributed by atoms with Gasteiger partial charge in [-0.05, 0) is 36.8 Å². The first-order valence-electron chi connectivity index (χ1n) is 7.37. The van der Waals surface area contributed by atoms with Crippen molar-refractivity contribution in [3.05, 3.63) is 58.6 Å². The van der Waals surface area contributed by atoms with Crippen molar-refractivity contribution in [2.24, 2.45) is 0 Å². The van der Waals surface area contributed by atoms with Crippen LogP contribution in [0.1, 0.15) is 12.5 Å². The fraction of sp³-hybridized carbons (Fsp3) is 0.222. The van der Waals surface area contributed by atoms with Gasteiger partial charge in [0.15, 0.2) is 6.10 Å². The molecule has 6 heteroatoms.